The number of rotatable bonds is 7. The number of amides is 4. The van der Waals surface area contributed by atoms with Gasteiger partial charge in [0.1, 0.15) is 12.1 Å². The van der Waals surface area contributed by atoms with Crippen LogP contribution in [-0.2, 0) is 21.5 Å². The van der Waals surface area contributed by atoms with Crippen LogP contribution >= 0.6 is 11.3 Å². The van der Waals surface area contributed by atoms with E-state index in [-0.39, 0.29) is 12.5 Å². The highest BCUT2D eigenvalue weighted by molar-refractivity contribution is 7.09. The Kier molecular flexibility index (Phi) is 6.28. The van der Waals surface area contributed by atoms with Crippen LogP contribution in [0.2, 0.25) is 0 Å². The van der Waals surface area contributed by atoms with Crippen LogP contribution in [0.1, 0.15) is 23.1 Å². The van der Waals surface area contributed by atoms with Crippen molar-refractivity contribution in [1.29, 1.82) is 0 Å². The van der Waals surface area contributed by atoms with Gasteiger partial charge in [-0.2, -0.15) is 0 Å². The third-order valence-electron chi connectivity index (χ3n) is 6.51. The monoisotopic (exact) mass is 498 g/mol. The largest absolute Gasteiger partial charge is 0.354 e. The van der Waals surface area contributed by atoms with Crippen molar-refractivity contribution >= 4 is 40.0 Å². The van der Waals surface area contributed by atoms with Gasteiger partial charge in [0, 0.05) is 17.5 Å². The zero-order valence-electron chi connectivity index (χ0n) is 20.1. The molecule has 0 unspecified atom stereocenters. The van der Waals surface area contributed by atoms with E-state index in [1.807, 2.05) is 79.0 Å². The summed E-state index contributed by atoms with van der Waals surface area (Å²) in [5.74, 6) is -0.818. The predicted octanol–water partition coefficient (Wildman–Crippen LogP) is 4.40. The number of benzene rings is 3. The topological polar surface area (TPSA) is 91.4 Å². The van der Waals surface area contributed by atoms with E-state index in [4.69, 9.17) is 0 Å². The molecule has 4 aromatic rings. The first-order chi connectivity index (χ1) is 17.3. The number of carbonyl (C=O) groups excluding carboxylic acids is 3. The highest BCUT2D eigenvalue weighted by Crippen LogP contribution is 2.31. The molecule has 1 aliphatic heterocycles. The Labute approximate surface area is 213 Å². The zero-order valence-corrected chi connectivity index (χ0v) is 20.9. The maximum absolute atomic E-state index is 13.2. The van der Waals surface area contributed by atoms with Gasteiger partial charge in [-0.3, -0.25) is 14.5 Å². The molecule has 0 spiro atoms. The molecule has 1 aliphatic rings. The Morgan fingerprint density at radius 2 is 1.81 bits per heavy atom. The lowest BCUT2D eigenvalue weighted by atomic mass is 9.90. The number of thiazole rings is 1. The third kappa shape index (κ3) is 4.59. The second-order valence-corrected chi connectivity index (χ2v) is 10.1. The van der Waals surface area contributed by atoms with Gasteiger partial charge in [-0.15, -0.1) is 11.3 Å². The van der Waals surface area contributed by atoms with Crippen molar-refractivity contribution in [3.8, 4) is 11.3 Å². The third-order valence-corrected chi connectivity index (χ3v) is 7.28. The van der Waals surface area contributed by atoms with Crippen molar-refractivity contribution < 1.29 is 14.4 Å². The Morgan fingerprint density at radius 3 is 2.53 bits per heavy atom. The lowest BCUT2D eigenvalue weighted by molar-refractivity contribution is -0.134. The van der Waals surface area contributed by atoms with E-state index in [1.165, 1.54) is 0 Å². The molecule has 0 radical (unpaired) electrons. The highest BCUT2D eigenvalue weighted by Gasteiger charge is 2.49. The summed E-state index contributed by atoms with van der Waals surface area (Å²) < 4.78 is 0. The molecule has 7 nitrogen and oxygen atoms in total. The van der Waals surface area contributed by atoms with E-state index in [2.05, 4.69) is 15.6 Å². The smallest absolute Gasteiger partial charge is 0.325 e. The van der Waals surface area contributed by atoms with Gasteiger partial charge in [0.25, 0.3) is 5.91 Å². The molecule has 8 heteroatoms. The fraction of sp³-hybridized carbons (Fsp3) is 0.214. The first-order valence-electron chi connectivity index (χ1n) is 11.7. The first kappa shape index (κ1) is 23.7. The van der Waals surface area contributed by atoms with Gasteiger partial charge in [-0.25, -0.2) is 9.78 Å². The molecule has 1 saturated heterocycles. The number of hydrogen-bond acceptors (Lipinski definition) is 5. The van der Waals surface area contributed by atoms with Gasteiger partial charge in [-0.1, -0.05) is 60.7 Å². The summed E-state index contributed by atoms with van der Waals surface area (Å²) in [5, 5.41) is 10.7. The summed E-state index contributed by atoms with van der Waals surface area (Å²) >= 11 is 1.62. The molecular formula is C28H26N4O3S. The number of fused-ring (bicyclic) bond motifs is 1. The van der Waals surface area contributed by atoms with Crippen molar-refractivity contribution in [2.75, 3.05) is 13.1 Å². The summed E-state index contributed by atoms with van der Waals surface area (Å²) in [4.78, 5) is 43.9. The van der Waals surface area contributed by atoms with Crippen LogP contribution in [0.5, 0.6) is 0 Å². The number of aromatic nitrogens is 1. The number of aryl methyl sites for hydroxylation is 1. The van der Waals surface area contributed by atoms with Crippen molar-refractivity contribution in [3.05, 3.63) is 88.2 Å². The van der Waals surface area contributed by atoms with Gasteiger partial charge >= 0.3 is 6.03 Å². The number of carbonyl (C=O) groups is 3. The second-order valence-electron chi connectivity index (χ2n) is 9.06. The molecular weight excluding hydrogens is 472 g/mol. The van der Waals surface area contributed by atoms with Crippen LogP contribution in [0.25, 0.3) is 22.0 Å². The van der Waals surface area contributed by atoms with Crippen LogP contribution in [0.4, 0.5) is 4.79 Å². The summed E-state index contributed by atoms with van der Waals surface area (Å²) in [7, 11) is 0. The number of nitrogens with one attached hydrogen (secondary N) is 2. The van der Waals surface area contributed by atoms with Gasteiger partial charge in [-0.05, 0) is 48.2 Å². The number of urea groups is 1. The standard InChI is InChI=1S/C28H26N4O3S/c1-18-30-24(17-36-18)21-9-7-19(8-10-21)13-14-29-25(33)16-32-26(34)28(2,31-27(32)35)23-12-11-20-5-3-4-6-22(20)15-23/h3-12,15,17H,13-14,16H2,1-2H3,(H,29,33)(H,31,35)/t28-/m0/s1. The molecule has 0 aliphatic carbocycles. The molecule has 0 bridgehead atoms. The average molecular weight is 499 g/mol. The van der Waals surface area contributed by atoms with Crippen LogP contribution in [-0.4, -0.2) is 40.8 Å². The van der Waals surface area contributed by atoms with E-state index in [9.17, 15) is 14.4 Å². The summed E-state index contributed by atoms with van der Waals surface area (Å²) in [6, 6.07) is 21.0. The number of hydrogen-bond donors (Lipinski definition) is 2. The van der Waals surface area contributed by atoms with Crippen LogP contribution in [0.3, 0.4) is 0 Å². The molecule has 2 N–H and O–H groups in total. The van der Waals surface area contributed by atoms with E-state index < -0.39 is 17.5 Å². The lowest BCUT2D eigenvalue weighted by Crippen LogP contribution is -2.43. The molecule has 1 fully saturated rings. The lowest BCUT2D eigenvalue weighted by Gasteiger charge is -2.22. The zero-order chi connectivity index (χ0) is 25.3. The molecule has 0 saturated carbocycles. The Balaban J connectivity index is 1.18. The first-order valence-corrected chi connectivity index (χ1v) is 12.6. The Morgan fingerprint density at radius 1 is 1.06 bits per heavy atom. The molecule has 4 amide bonds. The van der Waals surface area contributed by atoms with E-state index in [0.717, 1.165) is 37.5 Å². The minimum atomic E-state index is -1.22. The quantitative estimate of drug-likeness (QED) is 0.370. The Hall–Kier alpha value is -4.04. The molecule has 3 aromatic carbocycles. The minimum Gasteiger partial charge on any atom is -0.354 e. The average Bonchev–Trinajstić information content (AvgIpc) is 3.41. The minimum absolute atomic E-state index is 0.323. The van der Waals surface area contributed by atoms with Gasteiger partial charge in [0.05, 0.1) is 10.7 Å². The number of nitrogens with zero attached hydrogens (tertiary/aromatic N) is 2. The second kappa shape index (κ2) is 9.54. The van der Waals surface area contributed by atoms with Crippen molar-refractivity contribution in [3.63, 3.8) is 0 Å². The van der Waals surface area contributed by atoms with Gasteiger partial charge in [0.15, 0.2) is 0 Å². The maximum Gasteiger partial charge on any atom is 0.325 e. The van der Waals surface area contributed by atoms with Gasteiger partial charge < -0.3 is 10.6 Å². The fourth-order valence-corrected chi connectivity index (χ4v) is 5.04. The van der Waals surface area contributed by atoms with Crippen LogP contribution in [0.15, 0.2) is 72.1 Å². The van der Waals surface area contributed by atoms with E-state index in [1.54, 1.807) is 18.3 Å². The van der Waals surface area contributed by atoms with Crippen molar-refractivity contribution in [2.45, 2.75) is 25.8 Å². The maximum atomic E-state index is 13.2. The van der Waals surface area contributed by atoms with Crippen LogP contribution in [0, 0.1) is 6.92 Å². The van der Waals surface area contributed by atoms with Gasteiger partial charge in [0.2, 0.25) is 5.91 Å². The predicted molar refractivity (Wildman–Crippen MR) is 141 cm³/mol. The van der Waals surface area contributed by atoms with E-state index >= 15 is 0 Å². The molecule has 2 heterocycles. The molecule has 36 heavy (non-hydrogen) atoms. The molecule has 1 aromatic heterocycles. The molecule has 5 rings (SSSR count). The SMILES string of the molecule is Cc1nc(-c2ccc(CCNC(=O)CN3C(=O)N[C@@](C)(c4ccc5ccccc5c4)C3=O)cc2)cs1. The highest BCUT2D eigenvalue weighted by atomic mass is 32.1. The van der Waals surface area contributed by atoms with Crippen LogP contribution < -0.4 is 10.6 Å². The summed E-state index contributed by atoms with van der Waals surface area (Å²) in [6.07, 6.45) is 0.636. The van der Waals surface area contributed by atoms with Crippen molar-refractivity contribution in [2.24, 2.45) is 0 Å². The summed E-state index contributed by atoms with van der Waals surface area (Å²) in [6.45, 7) is 3.73. The Bertz CT molecular complexity index is 1460. The normalized spacial score (nSPS) is 17.4. The summed E-state index contributed by atoms with van der Waals surface area (Å²) in [5.41, 5.74) is 2.55. The molecule has 1 atom stereocenters. The van der Waals surface area contributed by atoms with E-state index in [0.29, 0.717) is 18.5 Å². The number of imide groups is 1. The molecule has 182 valence electrons. The van der Waals surface area contributed by atoms with Crippen molar-refractivity contribution in [1.82, 2.24) is 20.5 Å². The fourth-order valence-electron chi connectivity index (χ4n) is 4.42.